The molecule has 3 nitrogen and oxygen atoms in total. The number of pyridine rings is 1. The fraction of sp³-hybridized carbons (Fsp3) is 0.353. The van der Waals surface area contributed by atoms with Gasteiger partial charge in [0.05, 0.1) is 6.04 Å². The van der Waals surface area contributed by atoms with E-state index in [-0.39, 0.29) is 6.04 Å². The van der Waals surface area contributed by atoms with Gasteiger partial charge in [0.15, 0.2) is 0 Å². The van der Waals surface area contributed by atoms with Crippen LogP contribution in [0.25, 0.3) is 0 Å². The Kier molecular flexibility index (Phi) is 3.81. The molecule has 3 N–H and O–H groups in total. The molecule has 1 aromatic carbocycles. The number of nitrogens with one attached hydrogen (secondary N) is 1. The summed E-state index contributed by atoms with van der Waals surface area (Å²) in [7, 11) is 0. The van der Waals surface area contributed by atoms with E-state index in [1.165, 1.54) is 36.0 Å². The summed E-state index contributed by atoms with van der Waals surface area (Å²) in [6.45, 7) is 2.07. The molecular weight excluding hydrogens is 246 g/mol. The molecule has 1 aliphatic rings. The van der Waals surface area contributed by atoms with Gasteiger partial charge in [0.25, 0.3) is 0 Å². The second-order valence-electron chi connectivity index (χ2n) is 5.63. The molecule has 0 amide bonds. The van der Waals surface area contributed by atoms with Crippen molar-refractivity contribution >= 4 is 0 Å². The Morgan fingerprint density at radius 1 is 1.30 bits per heavy atom. The Morgan fingerprint density at radius 2 is 2.15 bits per heavy atom. The van der Waals surface area contributed by atoms with Crippen LogP contribution in [0.2, 0.25) is 0 Å². The third-order valence-electron chi connectivity index (χ3n) is 4.36. The highest BCUT2D eigenvalue weighted by Crippen LogP contribution is 2.37. The molecule has 1 atom stereocenters. The summed E-state index contributed by atoms with van der Waals surface area (Å²) >= 11 is 0. The molecule has 104 valence electrons. The zero-order chi connectivity index (χ0) is 13.9. The highest BCUT2D eigenvalue weighted by atomic mass is 15.2. The van der Waals surface area contributed by atoms with Gasteiger partial charge < -0.3 is 0 Å². The maximum Gasteiger partial charge on any atom is 0.0713 e. The van der Waals surface area contributed by atoms with Crippen LogP contribution in [-0.4, -0.2) is 4.98 Å². The third-order valence-corrected chi connectivity index (χ3v) is 4.36. The minimum atomic E-state index is 0.0260. The van der Waals surface area contributed by atoms with E-state index in [2.05, 4.69) is 41.6 Å². The Bertz CT molecular complexity index is 590. The minimum Gasteiger partial charge on any atom is -0.271 e. The van der Waals surface area contributed by atoms with Crippen molar-refractivity contribution in [2.45, 2.75) is 38.1 Å². The molecule has 1 unspecified atom stereocenters. The van der Waals surface area contributed by atoms with Crippen molar-refractivity contribution in [2.24, 2.45) is 5.84 Å². The summed E-state index contributed by atoms with van der Waals surface area (Å²) in [6.07, 6.45) is 7.70. The Morgan fingerprint density at radius 3 is 2.80 bits per heavy atom. The van der Waals surface area contributed by atoms with Crippen LogP contribution >= 0.6 is 0 Å². The number of nitrogens with two attached hydrogens (primary N) is 1. The highest BCUT2D eigenvalue weighted by Gasteiger charge is 2.21. The van der Waals surface area contributed by atoms with Crippen LogP contribution in [0.15, 0.2) is 42.7 Å². The van der Waals surface area contributed by atoms with Crippen LogP contribution < -0.4 is 11.3 Å². The summed E-state index contributed by atoms with van der Waals surface area (Å²) in [4.78, 5) is 4.15. The Labute approximate surface area is 120 Å². The van der Waals surface area contributed by atoms with Crippen LogP contribution in [0.5, 0.6) is 0 Å². The van der Waals surface area contributed by atoms with Crippen molar-refractivity contribution in [1.82, 2.24) is 10.4 Å². The van der Waals surface area contributed by atoms with E-state index in [0.29, 0.717) is 0 Å². The first kappa shape index (κ1) is 13.3. The van der Waals surface area contributed by atoms with Crippen molar-refractivity contribution < 1.29 is 0 Å². The molecule has 0 saturated heterocycles. The highest BCUT2D eigenvalue weighted by molar-refractivity contribution is 5.38. The lowest BCUT2D eigenvalue weighted by Gasteiger charge is -2.27. The Hall–Kier alpha value is -1.71. The summed E-state index contributed by atoms with van der Waals surface area (Å²) in [6, 6.07) is 10.9. The lowest BCUT2D eigenvalue weighted by Crippen LogP contribution is -2.29. The molecule has 0 aliphatic heterocycles. The number of nitrogens with zero attached hydrogens (tertiary/aromatic N) is 1. The molecule has 0 bridgehead atoms. The summed E-state index contributed by atoms with van der Waals surface area (Å²) in [5, 5.41) is 0. The van der Waals surface area contributed by atoms with E-state index in [4.69, 9.17) is 5.84 Å². The van der Waals surface area contributed by atoms with Crippen LogP contribution in [0.4, 0.5) is 0 Å². The first-order valence-corrected chi connectivity index (χ1v) is 7.26. The van der Waals surface area contributed by atoms with Gasteiger partial charge in [-0.15, -0.1) is 0 Å². The summed E-state index contributed by atoms with van der Waals surface area (Å²) in [5.74, 6) is 6.55. The van der Waals surface area contributed by atoms with Crippen molar-refractivity contribution in [3.63, 3.8) is 0 Å². The maximum atomic E-state index is 5.81. The molecule has 3 rings (SSSR count). The predicted octanol–water partition coefficient (Wildman–Crippen LogP) is 3.21. The van der Waals surface area contributed by atoms with Gasteiger partial charge in [0.2, 0.25) is 0 Å². The second-order valence-corrected chi connectivity index (χ2v) is 5.63. The van der Waals surface area contributed by atoms with Crippen molar-refractivity contribution in [2.75, 3.05) is 0 Å². The van der Waals surface area contributed by atoms with Gasteiger partial charge >= 0.3 is 0 Å². The number of hydrogen-bond acceptors (Lipinski definition) is 3. The average molecular weight is 267 g/mol. The molecule has 1 heterocycles. The largest absolute Gasteiger partial charge is 0.271 e. The van der Waals surface area contributed by atoms with Gasteiger partial charge in [0, 0.05) is 12.4 Å². The van der Waals surface area contributed by atoms with Crippen LogP contribution in [0.3, 0.4) is 0 Å². The van der Waals surface area contributed by atoms with Gasteiger partial charge in [-0.05, 0) is 54.0 Å². The lowest BCUT2D eigenvalue weighted by molar-refractivity contribution is 0.419. The SMILES string of the molecule is Cc1cnccc1C(NN)c1cccc(C2CCC2)c1. The topological polar surface area (TPSA) is 50.9 Å². The minimum absolute atomic E-state index is 0.0260. The zero-order valence-corrected chi connectivity index (χ0v) is 11.8. The molecular formula is C17H21N3. The van der Waals surface area contributed by atoms with E-state index in [1.54, 1.807) is 0 Å². The fourth-order valence-corrected chi connectivity index (χ4v) is 2.91. The number of hydrazine groups is 1. The molecule has 0 spiro atoms. The van der Waals surface area contributed by atoms with Gasteiger partial charge in [-0.1, -0.05) is 30.7 Å². The number of benzene rings is 1. The molecule has 1 saturated carbocycles. The summed E-state index contributed by atoms with van der Waals surface area (Å²) < 4.78 is 0. The third kappa shape index (κ3) is 2.47. The second kappa shape index (κ2) is 5.73. The van der Waals surface area contributed by atoms with E-state index >= 15 is 0 Å². The molecule has 1 aliphatic carbocycles. The van der Waals surface area contributed by atoms with Gasteiger partial charge in [-0.25, -0.2) is 5.43 Å². The van der Waals surface area contributed by atoms with E-state index in [9.17, 15) is 0 Å². The number of aromatic nitrogens is 1. The average Bonchev–Trinajstić information content (AvgIpc) is 2.40. The maximum absolute atomic E-state index is 5.81. The first-order valence-electron chi connectivity index (χ1n) is 7.26. The van der Waals surface area contributed by atoms with Gasteiger partial charge in [-0.2, -0.15) is 0 Å². The van der Waals surface area contributed by atoms with Crippen molar-refractivity contribution in [1.29, 1.82) is 0 Å². The first-order chi connectivity index (χ1) is 9.79. The Balaban J connectivity index is 1.95. The number of hydrogen-bond donors (Lipinski definition) is 2. The van der Waals surface area contributed by atoms with Crippen molar-refractivity contribution in [3.05, 3.63) is 65.0 Å². The van der Waals surface area contributed by atoms with Crippen molar-refractivity contribution in [3.8, 4) is 0 Å². The number of aryl methyl sites for hydroxylation is 1. The predicted molar refractivity (Wildman–Crippen MR) is 81.2 cm³/mol. The van der Waals surface area contributed by atoms with Crippen LogP contribution in [0, 0.1) is 6.92 Å². The molecule has 0 radical (unpaired) electrons. The number of rotatable bonds is 4. The molecule has 3 heteroatoms. The smallest absolute Gasteiger partial charge is 0.0713 e. The van der Waals surface area contributed by atoms with Gasteiger partial charge in [-0.3, -0.25) is 10.8 Å². The zero-order valence-electron chi connectivity index (χ0n) is 11.8. The lowest BCUT2D eigenvalue weighted by atomic mass is 9.79. The van der Waals surface area contributed by atoms with Gasteiger partial charge in [0.1, 0.15) is 0 Å². The normalized spacial score (nSPS) is 16.7. The van der Waals surface area contributed by atoms with Crippen LogP contribution in [0.1, 0.15) is 53.5 Å². The molecule has 1 fully saturated rings. The van der Waals surface area contributed by atoms with E-state index in [1.807, 2.05) is 18.5 Å². The molecule has 1 aromatic heterocycles. The fourth-order valence-electron chi connectivity index (χ4n) is 2.91. The quantitative estimate of drug-likeness (QED) is 0.660. The van der Waals surface area contributed by atoms with Crippen LogP contribution in [-0.2, 0) is 0 Å². The van der Waals surface area contributed by atoms with E-state index < -0.39 is 0 Å². The summed E-state index contributed by atoms with van der Waals surface area (Å²) in [5.41, 5.74) is 7.97. The monoisotopic (exact) mass is 267 g/mol. The molecule has 2 aromatic rings. The van der Waals surface area contributed by atoms with E-state index in [0.717, 1.165) is 11.5 Å². The standard InChI is InChI=1S/C17H21N3/c1-12-11-19-9-8-16(12)17(20-18)15-7-3-6-14(10-15)13-4-2-5-13/h3,6-11,13,17,20H,2,4-5,18H2,1H3. The molecule has 20 heavy (non-hydrogen) atoms.